The minimum absolute atomic E-state index is 0.563. The number of allylic oxidation sites excluding steroid dienone is 4. The second-order valence-corrected chi connectivity index (χ2v) is 5.44. The Morgan fingerprint density at radius 3 is 1.64 bits per heavy atom. The van der Waals surface area contributed by atoms with Crippen molar-refractivity contribution in [2.45, 2.75) is 51.4 Å². The molecule has 0 aromatic rings. The predicted molar refractivity (Wildman–Crippen MR) is 60.1 cm³/mol. The molecule has 0 heteroatoms. The Balaban J connectivity index is 1.96. The van der Waals surface area contributed by atoms with Gasteiger partial charge in [-0.15, -0.1) is 0 Å². The maximum Gasteiger partial charge on any atom is 0.00101 e. The zero-order valence-corrected chi connectivity index (χ0v) is 8.97. The lowest BCUT2D eigenvalue weighted by molar-refractivity contribution is 0.133. The fraction of sp³-hybridized carbons (Fsp3) is 0.714. The van der Waals surface area contributed by atoms with Crippen LogP contribution in [0.3, 0.4) is 0 Å². The van der Waals surface area contributed by atoms with Gasteiger partial charge in [0.05, 0.1) is 0 Å². The molecule has 0 heterocycles. The Kier molecular flexibility index (Phi) is 1.87. The molecule has 14 heavy (non-hydrogen) atoms. The lowest BCUT2D eigenvalue weighted by Gasteiger charge is -2.42. The highest BCUT2D eigenvalue weighted by Crippen LogP contribution is 2.61. The van der Waals surface area contributed by atoms with E-state index in [1.807, 2.05) is 0 Å². The summed E-state index contributed by atoms with van der Waals surface area (Å²) in [5.41, 5.74) is 1.13. The predicted octanol–water partition coefficient (Wildman–Crippen LogP) is 4.23. The van der Waals surface area contributed by atoms with E-state index >= 15 is 0 Å². The van der Waals surface area contributed by atoms with Crippen molar-refractivity contribution in [2.24, 2.45) is 10.8 Å². The molecular weight excluding hydrogens is 168 g/mol. The number of rotatable bonds is 0. The van der Waals surface area contributed by atoms with E-state index in [1.165, 1.54) is 51.4 Å². The van der Waals surface area contributed by atoms with E-state index in [-0.39, 0.29) is 0 Å². The van der Waals surface area contributed by atoms with Gasteiger partial charge in [-0.3, -0.25) is 0 Å². The molecule has 0 radical (unpaired) electrons. The SMILES string of the molecule is C1=C[C@@]23CC=CC2(C1)CCCCCC3. The summed E-state index contributed by atoms with van der Waals surface area (Å²) in [7, 11) is 0. The maximum absolute atomic E-state index is 2.55. The van der Waals surface area contributed by atoms with Crippen LogP contribution in [-0.4, -0.2) is 0 Å². The highest BCUT2D eigenvalue weighted by molar-refractivity contribution is 5.30. The Hall–Kier alpha value is -0.520. The third kappa shape index (κ3) is 1.00. The van der Waals surface area contributed by atoms with Crippen LogP contribution in [0.4, 0.5) is 0 Å². The third-order valence-electron chi connectivity index (χ3n) is 4.83. The maximum atomic E-state index is 2.55. The molecule has 1 unspecified atom stereocenters. The largest absolute Gasteiger partial charge is 0.0870 e. The molecule has 3 aliphatic rings. The smallest absolute Gasteiger partial charge is 0.00101 e. The normalized spacial score (nSPS) is 45.7. The van der Waals surface area contributed by atoms with Crippen molar-refractivity contribution in [3.8, 4) is 0 Å². The Bertz CT molecular complexity index is 256. The quantitative estimate of drug-likeness (QED) is 0.499. The Morgan fingerprint density at radius 2 is 1.14 bits per heavy atom. The summed E-state index contributed by atoms with van der Waals surface area (Å²) in [5.74, 6) is 0. The van der Waals surface area contributed by atoms with Gasteiger partial charge in [-0.2, -0.15) is 0 Å². The van der Waals surface area contributed by atoms with Crippen molar-refractivity contribution in [1.29, 1.82) is 0 Å². The number of hydrogen-bond donors (Lipinski definition) is 0. The van der Waals surface area contributed by atoms with Gasteiger partial charge >= 0.3 is 0 Å². The van der Waals surface area contributed by atoms with Crippen LogP contribution in [0.5, 0.6) is 0 Å². The Morgan fingerprint density at radius 1 is 0.643 bits per heavy atom. The molecule has 0 N–H and O–H groups in total. The molecule has 1 saturated carbocycles. The second kappa shape index (κ2) is 2.98. The van der Waals surface area contributed by atoms with Crippen molar-refractivity contribution in [3.05, 3.63) is 24.3 Å². The summed E-state index contributed by atoms with van der Waals surface area (Å²) in [6.45, 7) is 0. The first kappa shape index (κ1) is 8.76. The summed E-state index contributed by atoms with van der Waals surface area (Å²) < 4.78 is 0. The summed E-state index contributed by atoms with van der Waals surface area (Å²) in [6, 6.07) is 0. The molecular formula is C14H20. The standard InChI is InChI=1S/C14H20/c1-2-4-8-14-11-5-9-13(14,7-3-1)10-6-12-14/h5-6,9,12H,1-4,7-8,10-11H2/t13-,14?/m0/s1. The van der Waals surface area contributed by atoms with Crippen LogP contribution in [0.25, 0.3) is 0 Å². The molecule has 0 bridgehead atoms. The zero-order valence-electron chi connectivity index (χ0n) is 8.97. The van der Waals surface area contributed by atoms with E-state index < -0.39 is 0 Å². The average Bonchev–Trinajstić information content (AvgIpc) is 2.59. The van der Waals surface area contributed by atoms with Gasteiger partial charge in [0.1, 0.15) is 0 Å². The lowest BCUT2D eigenvalue weighted by atomic mass is 9.62. The summed E-state index contributed by atoms with van der Waals surface area (Å²) in [4.78, 5) is 0. The molecule has 0 spiro atoms. The number of hydrogen-bond acceptors (Lipinski definition) is 0. The fourth-order valence-electron chi connectivity index (χ4n) is 3.97. The van der Waals surface area contributed by atoms with Gasteiger partial charge in [0.25, 0.3) is 0 Å². The van der Waals surface area contributed by atoms with Crippen molar-refractivity contribution in [3.63, 3.8) is 0 Å². The molecule has 0 nitrogen and oxygen atoms in total. The second-order valence-electron chi connectivity index (χ2n) is 5.44. The van der Waals surface area contributed by atoms with E-state index in [4.69, 9.17) is 0 Å². The van der Waals surface area contributed by atoms with Crippen LogP contribution in [0, 0.1) is 10.8 Å². The summed E-state index contributed by atoms with van der Waals surface area (Å²) in [6.07, 6.45) is 21.4. The van der Waals surface area contributed by atoms with Crippen LogP contribution in [0.1, 0.15) is 51.4 Å². The molecule has 1 fully saturated rings. The average molecular weight is 188 g/mol. The molecule has 0 aliphatic heterocycles. The van der Waals surface area contributed by atoms with Crippen molar-refractivity contribution in [1.82, 2.24) is 0 Å². The zero-order chi connectivity index (χ0) is 9.49. The summed E-state index contributed by atoms with van der Waals surface area (Å²) >= 11 is 0. The van der Waals surface area contributed by atoms with Gasteiger partial charge in [0, 0.05) is 10.8 Å². The first-order valence-electron chi connectivity index (χ1n) is 6.22. The highest BCUT2D eigenvalue weighted by atomic mass is 14.5. The van der Waals surface area contributed by atoms with Crippen molar-refractivity contribution < 1.29 is 0 Å². The van der Waals surface area contributed by atoms with E-state index in [1.54, 1.807) is 0 Å². The van der Waals surface area contributed by atoms with Crippen LogP contribution in [0.2, 0.25) is 0 Å². The van der Waals surface area contributed by atoms with Gasteiger partial charge in [-0.25, -0.2) is 0 Å². The molecule has 0 aromatic carbocycles. The van der Waals surface area contributed by atoms with E-state index in [0.29, 0.717) is 10.8 Å². The minimum Gasteiger partial charge on any atom is -0.0870 e. The van der Waals surface area contributed by atoms with Crippen LogP contribution in [-0.2, 0) is 0 Å². The molecule has 3 aliphatic carbocycles. The molecule has 0 aromatic heterocycles. The third-order valence-corrected chi connectivity index (χ3v) is 4.83. The summed E-state index contributed by atoms with van der Waals surface area (Å²) in [5, 5.41) is 0. The van der Waals surface area contributed by atoms with Gasteiger partial charge in [-0.1, -0.05) is 50.0 Å². The van der Waals surface area contributed by atoms with E-state index in [0.717, 1.165) is 0 Å². The van der Waals surface area contributed by atoms with Gasteiger partial charge in [0.2, 0.25) is 0 Å². The molecule has 76 valence electrons. The van der Waals surface area contributed by atoms with Crippen LogP contribution in [0.15, 0.2) is 24.3 Å². The molecule has 2 atom stereocenters. The van der Waals surface area contributed by atoms with E-state index in [2.05, 4.69) is 24.3 Å². The lowest BCUT2D eigenvalue weighted by Crippen LogP contribution is -2.33. The van der Waals surface area contributed by atoms with Crippen molar-refractivity contribution in [2.75, 3.05) is 0 Å². The molecule has 0 amide bonds. The monoisotopic (exact) mass is 188 g/mol. The molecule has 0 saturated heterocycles. The fourth-order valence-corrected chi connectivity index (χ4v) is 3.97. The van der Waals surface area contributed by atoms with Crippen LogP contribution < -0.4 is 0 Å². The Labute approximate surface area is 87.1 Å². The van der Waals surface area contributed by atoms with Gasteiger partial charge in [-0.05, 0) is 25.7 Å². The first-order chi connectivity index (χ1) is 6.87. The minimum atomic E-state index is 0.563. The molecule has 3 rings (SSSR count). The van der Waals surface area contributed by atoms with E-state index in [9.17, 15) is 0 Å². The van der Waals surface area contributed by atoms with Crippen molar-refractivity contribution >= 4 is 0 Å². The topological polar surface area (TPSA) is 0 Å². The van der Waals surface area contributed by atoms with Crippen LogP contribution >= 0.6 is 0 Å². The van der Waals surface area contributed by atoms with Gasteiger partial charge < -0.3 is 0 Å². The van der Waals surface area contributed by atoms with Gasteiger partial charge in [0.15, 0.2) is 0 Å². The first-order valence-corrected chi connectivity index (χ1v) is 6.22. The highest BCUT2D eigenvalue weighted by Gasteiger charge is 2.51.